The summed E-state index contributed by atoms with van der Waals surface area (Å²) in [5.41, 5.74) is 0.299. The first kappa shape index (κ1) is 12.9. The molecule has 16 heavy (non-hydrogen) atoms. The maximum Gasteiger partial charge on any atom is 0.381 e. The molecule has 0 aliphatic rings. The van der Waals surface area contributed by atoms with Crippen LogP contribution in [0.15, 0.2) is 18.2 Å². The van der Waals surface area contributed by atoms with Crippen LogP contribution in [0.2, 0.25) is 5.02 Å². The van der Waals surface area contributed by atoms with Gasteiger partial charge >= 0.3 is 11.9 Å². The van der Waals surface area contributed by atoms with Crippen molar-refractivity contribution >= 4 is 17.6 Å². The normalized spacial score (nSPS) is 11.3. The van der Waals surface area contributed by atoms with E-state index in [1.165, 1.54) is 12.1 Å². The van der Waals surface area contributed by atoms with E-state index in [1.54, 1.807) is 0 Å². The molecule has 1 aromatic rings. The molecule has 0 bridgehead atoms. The van der Waals surface area contributed by atoms with E-state index in [4.69, 9.17) is 11.6 Å². The molecule has 0 heterocycles. The van der Waals surface area contributed by atoms with Gasteiger partial charge in [0.2, 0.25) is 0 Å². The first-order valence-electron chi connectivity index (χ1n) is 4.68. The fourth-order valence-electron chi connectivity index (χ4n) is 1.28. The van der Waals surface area contributed by atoms with Gasteiger partial charge in [-0.15, -0.1) is 0 Å². The van der Waals surface area contributed by atoms with Gasteiger partial charge < -0.3 is 4.74 Å². The molecule has 0 aliphatic carbocycles. The molecule has 0 aliphatic heterocycles. The van der Waals surface area contributed by atoms with Gasteiger partial charge in [-0.05, 0) is 18.1 Å². The van der Waals surface area contributed by atoms with E-state index >= 15 is 0 Å². The number of carbonyl (C=O) groups excluding carboxylic acids is 1. The van der Waals surface area contributed by atoms with Gasteiger partial charge in [0.1, 0.15) is 0 Å². The van der Waals surface area contributed by atoms with Crippen LogP contribution in [0, 0.1) is 0 Å². The second-order valence-corrected chi connectivity index (χ2v) is 3.63. The number of methoxy groups -OCH3 is 1. The summed E-state index contributed by atoms with van der Waals surface area (Å²) >= 11 is 5.80. The summed E-state index contributed by atoms with van der Waals surface area (Å²) in [6.07, 6.45) is 0.642. The van der Waals surface area contributed by atoms with Crippen LogP contribution in [0.5, 0.6) is 0 Å². The highest BCUT2D eigenvalue weighted by Crippen LogP contribution is 2.32. The third-order valence-electron chi connectivity index (χ3n) is 2.24. The van der Waals surface area contributed by atoms with Gasteiger partial charge in [-0.3, -0.25) is 0 Å². The van der Waals surface area contributed by atoms with E-state index in [0.717, 1.165) is 18.7 Å². The average molecular weight is 249 g/mol. The minimum atomic E-state index is -3.66. The molecule has 0 saturated heterocycles. The number of hydrogen-bond donors (Lipinski definition) is 0. The van der Waals surface area contributed by atoms with Crippen molar-refractivity contribution in [2.75, 3.05) is 7.11 Å². The monoisotopic (exact) mass is 248 g/mol. The molecule has 0 spiro atoms. The summed E-state index contributed by atoms with van der Waals surface area (Å²) in [6.45, 7) is 1.86. The quantitative estimate of drug-likeness (QED) is 0.768. The number of ether oxygens (including phenoxy) is 1. The van der Waals surface area contributed by atoms with E-state index in [1.807, 2.05) is 6.92 Å². The smallest absolute Gasteiger partial charge is 0.381 e. The first-order valence-corrected chi connectivity index (χ1v) is 5.06. The Bertz CT molecular complexity index is 405. The lowest BCUT2D eigenvalue weighted by molar-refractivity contribution is -0.170. The van der Waals surface area contributed by atoms with Gasteiger partial charge in [0.15, 0.2) is 0 Å². The molecule has 2 nitrogen and oxygen atoms in total. The first-order chi connectivity index (χ1) is 7.43. The number of carbonyl (C=O) groups is 1. The summed E-state index contributed by atoms with van der Waals surface area (Å²) in [7, 11) is 0.915. The van der Waals surface area contributed by atoms with E-state index in [-0.39, 0.29) is 5.02 Å². The highest BCUT2D eigenvalue weighted by atomic mass is 35.5. The molecular weight excluding hydrogens is 238 g/mol. The predicted octanol–water partition coefficient (Wildman–Crippen LogP) is 3.17. The van der Waals surface area contributed by atoms with Gasteiger partial charge in [-0.2, -0.15) is 8.78 Å². The summed E-state index contributed by atoms with van der Waals surface area (Å²) in [5.74, 6) is -5.25. The third-order valence-corrected chi connectivity index (χ3v) is 2.59. The molecular formula is C11H11ClF2O2. The topological polar surface area (TPSA) is 26.3 Å². The van der Waals surface area contributed by atoms with Crippen LogP contribution in [-0.4, -0.2) is 13.1 Å². The molecule has 0 aromatic heterocycles. The minimum Gasteiger partial charge on any atom is -0.464 e. The van der Waals surface area contributed by atoms with Crippen molar-refractivity contribution in [3.63, 3.8) is 0 Å². The van der Waals surface area contributed by atoms with Crippen molar-refractivity contribution < 1.29 is 18.3 Å². The van der Waals surface area contributed by atoms with E-state index in [9.17, 15) is 13.6 Å². The fourth-order valence-corrected chi connectivity index (χ4v) is 1.59. The lowest BCUT2D eigenvalue weighted by atomic mass is 10.0. The van der Waals surface area contributed by atoms with Gasteiger partial charge in [-0.1, -0.05) is 30.7 Å². The molecule has 0 radical (unpaired) electrons. The van der Waals surface area contributed by atoms with Crippen molar-refractivity contribution in [3.8, 4) is 0 Å². The second-order valence-electron chi connectivity index (χ2n) is 3.23. The van der Waals surface area contributed by atoms with Crippen molar-refractivity contribution in [2.24, 2.45) is 0 Å². The zero-order chi connectivity index (χ0) is 12.3. The number of rotatable bonds is 3. The van der Waals surface area contributed by atoms with Gasteiger partial charge in [0.25, 0.3) is 0 Å². The molecule has 0 fully saturated rings. The predicted molar refractivity (Wildman–Crippen MR) is 56.7 cm³/mol. The van der Waals surface area contributed by atoms with Gasteiger partial charge in [-0.25, -0.2) is 4.79 Å². The highest BCUT2D eigenvalue weighted by Gasteiger charge is 2.42. The molecule has 1 rings (SSSR count). The van der Waals surface area contributed by atoms with Crippen molar-refractivity contribution in [1.82, 2.24) is 0 Å². The van der Waals surface area contributed by atoms with Crippen LogP contribution >= 0.6 is 11.6 Å². The van der Waals surface area contributed by atoms with E-state index in [2.05, 4.69) is 4.74 Å². The summed E-state index contributed by atoms with van der Waals surface area (Å²) in [6, 6.07) is 3.76. The van der Waals surface area contributed by atoms with Crippen LogP contribution in [0.1, 0.15) is 18.1 Å². The molecule has 88 valence electrons. The third kappa shape index (κ3) is 2.32. The molecule has 0 amide bonds. The molecule has 0 unspecified atom stereocenters. The zero-order valence-electron chi connectivity index (χ0n) is 8.89. The van der Waals surface area contributed by atoms with Crippen LogP contribution in [0.4, 0.5) is 8.78 Å². The Morgan fingerprint density at radius 2 is 2.12 bits per heavy atom. The molecule has 0 saturated carbocycles. The van der Waals surface area contributed by atoms with Crippen LogP contribution in [-0.2, 0) is 21.9 Å². The van der Waals surface area contributed by atoms with Crippen molar-refractivity contribution in [3.05, 3.63) is 34.3 Å². The van der Waals surface area contributed by atoms with Gasteiger partial charge in [0, 0.05) is 10.6 Å². The van der Waals surface area contributed by atoms with Gasteiger partial charge in [0.05, 0.1) is 7.11 Å². The number of aryl methyl sites for hydroxylation is 1. The Labute approximate surface area is 97.2 Å². The largest absolute Gasteiger partial charge is 0.464 e. The molecule has 0 N–H and O–H groups in total. The number of esters is 1. The van der Waals surface area contributed by atoms with Crippen LogP contribution < -0.4 is 0 Å². The van der Waals surface area contributed by atoms with E-state index in [0.29, 0.717) is 6.42 Å². The standard InChI is InChI=1S/C11H11ClF2O2/c1-3-7-4-5-8(6-9(7)12)11(13,14)10(15)16-2/h4-6H,3H2,1-2H3. The average Bonchev–Trinajstić information content (AvgIpc) is 2.27. The fraction of sp³-hybridized carbons (Fsp3) is 0.364. The Morgan fingerprint density at radius 1 is 1.50 bits per heavy atom. The second kappa shape index (κ2) is 4.78. The van der Waals surface area contributed by atoms with Crippen molar-refractivity contribution in [2.45, 2.75) is 19.3 Å². The number of benzene rings is 1. The number of hydrogen-bond acceptors (Lipinski definition) is 2. The lowest BCUT2D eigenvalue weighted by Crippen LogP contribution is -2.27. The lowest BCUT2D eigenvalue weighted by Gasteiger charge is -2.14. The zero-order valence-corrected chi connectivity index (χ0v) is 9.65. The highest BCUT2D eigenvalue weighted by molar-refractivity contribution is 6.31. The van der Waals surface area contributed by atoms with Crippen LogP contribution in [0.25, 0.3) is 0 Å². The Balaban J connectivity index is 3.14. The number of halogens is 3. The van der Waals surface area contributed by atoms with E-state index < -0.39 is 17.5 Å². The maximum absolute atomic E-state index is 13.4. The van der Waals surface area contributed by atoms with Crippen molar-refractivity contribution in [1.29, 1.82) is 0 Å². The molecule has 1 aromatic carbocycles. The molecule has 5 heteroatoms. The Morgan fingerprint density at radius 3 is 2.56 bits per heavy atom. The summed E-state index contributed by atoms with van der Waals surface area (Å²) < 4.78 is 30.9. The summed E-state index contributed by atoms with van der Waals surface area (Å²) in [4.78, 5) is 10.9. The van der Waals surface area contributed by atoms with Crippen LogP contribution in [0.3, 0.4) is 0 Å². The summed E-state index contributed by atoms with van der Waals surface area (Å²) in [5, 5.41) is 0.226. The maximum atomic E-state index is 13.4. The SMILES string of the molecule is CCc1ccc(C(F)(F)C(=O)OC)cc1Cl. The Hall–Kier alpha value is -1.16. The number of alkyl halides is 2. The Kier molecular flexibility index (Phi) is 3.86. The minimum absolute atomic E-state index is 0.226. The molecule has 0 atom stereocenters.